The van der Waals surface area contributed by atoms with Crippen molar-refractivity contribution in [1.29, 1.82) is 0 Å². The van der Waals surface area contributed by atoms with Gasteiger partial charge in [-0.05, 0) is 92.7 Å². The minimum absolute atomic E-state index is 0.183. The lowest BCUT2D eigenvalue weighted by atomic mass is 9.75. The summed E-state index contributed by atoms with van der Waals surface area (Å²) in [6, 6.07) is 8.44. The van der Waals surface area contributed by atoms with E-state index in [1.807, 2.05) is 0 Å². The molecule has 1 aliphatic rings. The van der Waals surface area contributed by atoms with E-state index in [1.54, 1.807) is 0 Å². The molecule has 1 aliphatic carbocycles. The molecule has 1 saturated carbocycles. The number of hydrogen-bond donors (Lipinski definition) is 0. The summed E-state index contributed by atoms with van der Waals surface area (Å²) in [5.41, 5.74) is 6.77. The van der Waals surface area contributed by atoms with Gasteiger partial charge in [-0.1, -0.05) is 39.3 Å². The first-order chi connectivity index (χ1) is 14.3. The minimum atomic E-state index is -1.51. The fourth-order valence-electron chi connectivity index (χ4n) is 4.92. The Hall–Kier alpha value is -1.70. The summed E-state index contributed by atoms with van der Waals surface area (Å²) in [4.78, 5) is 0. The van der Waals surface area contributed by atoms with Gasteiger partial charge in [-0.15, -0.1) is 0 Å². The van der Waals surface area contributed by atoms with Crippen molar-refractivity contribution in [3.8, 4) is 0 Å². The molecule has 3 unspecified atom stereocenters. The zero-order valence-corrected chi connectivity index (χ0v) is 20.3. The standard InChI is InChI=1S/C26H35O3P/c1-15(2)21-11-8-16(3)14-24(21)29-30-27-22-12-9-17(4)19(6)25(22)26-20(7)18(5)10-13-23(26)28-30/h9-10,12-13,15-16,21,24H,8,11,14H2,1-7H3. The summed E-state index contributed by atoms with van der Waals surface area (Å²) in [7, 11) is -1.51. The number of fused-ring (bicyclic) bond motifs is 3. The van der Waals surface area contributed by atoms with Crippen LogP contribution in [0.5, 0.6) is 0 Å². The lowest BCUT2D eigenvalue weighted by molar-refractivity contribution is 0.0746. The van der Waals surface area contributed by atoms with Gasteiger partial charge < -0.3 is 8.39 Å². The third-order valence-electron chi connectivity index (χ3n) is 7.17. The van der Waals surface area contributed by atoms with Crippen LogP contribution >= 0.6 is 8.24 Å². The van der Waals surface area contributed by atoms with Crippen molar-refractivity contribution in [2.24, 2.45) is 17.8 Å². The lowest BCUT2D eigenvalue weighted by Crippen LogP contribution is -2.35. The SMILES string of the molecule is Cc1ccc2op(OC3CC(C)CCC3C(C)C)oc3ccc(C)c(C)c3c2c1C. The van der Waals surface area contributed by atoms with E-state index in [0.29, 0.717) is 17.8 Å². The average Bonchev–Trinajstić information content (AvgIpc) is 2.84. The Morgan fingerprint density at radius 3 is 1.90 bits per heavy atom. The van der Waals surface area contributed by atoms with Crippen molar-refractivity contribution in [3.63, 3.8) is 0 Å². The predicted octanol–water partition coefficient (Wildman–Crippen LogP) is 8.41. The second-order valence-corrected chi connectivity index (χ2v) is 10.7. The normalized spacial score (nSPS) is 22.2. The quantitative estimate of drug-likeness (QED) is 0.422. The van der Waals surface area contributed by atoms with E-state index in [1.165, 1.54) is 35.1 Å². The van der Waals surface area contributed by atoms with Crippen molar-refractivity contribution >= 4 is 30.2 Å². The van der Waals surface area contributed by atoms with Crippen LogP contribution in [-0.4, -0.2) is 6.10 Å². The molecule has 0 amide bonds. The number of aryl methyl sites for hydroxylation is 4. The fourth-order valence-corrected chi connectivity index (χ4v) is 6.14. The predicted molar refractivity (Wildman–Crippen MR) is 127 cm³/mol. The molecule has 0 bridgehead atoms. The van der Waals surface area contributed by atoms with Gasteiger partial charge in [-0.25, -0.2) is 0 Å². The van der Waals surface area contributed by atoms with E-state index in [4.69, 9.17) is 12.9 Å². The van der Waals surface area contributed by atoms with E-state index < -0.39 is 8.24 Å². The van der Waals surface area contributed by atoms with Gasteiger partial charge in [0.15, 0.2) is 0 Å². The van der Waals surface area contributed by atoms with Crippen LogP contribution in [-0.2, 0) is 0 Å². The molecule has 0 aliphatic heterocycles. The summed E-state index contributed by atoms with van der Waals surface area (Å²) >= 11 is 0. The topological polar surface area (TPSA) is 35.5 Å². The molecule has 30 heavy (non-hydrogen) atoms. The third kappa shape index (κ3) is 3.95. The number of rotatable bonds is 3. The van der Waals surface area contributed by atoms with E-state index in [-0.39, 0.29) is 6.10 Å². The zero-order valence-electron chi connectivity index (χ0n) is 19.4. The maximum Gasteiger partial charge on any atom is 0.387 e. The molecule has 1 aromatic heterocycles. The third-order valence-corrected chi connectivity index (χ3v) is 8.31. The molecular weight excluding hydrogens is 391 g/mol. The molecular formula is C26H35O3P. The van der Waals surface area contributed by atoms with Gasteiger partial charge in [0.1, 0.15) is 11.2 Å². The van der Waals surface area contributed by atoms with Crippen LogP contribution in [0.3, 0.4) is 0 Å². The summed E-state index contributed by atoms with van der Waals surface area (Å²) in [6.45, 7) is 15.6. The maximum atomic E-state index is 6.63. The summed E-state index contributed by atoms with van der Waals surface area (Å²) in [5.74, 6) is 1.83. The van der Waals surface area contributed by atoms with Crippen molar-refractivity contribution in [1.82, 2.24) is 0 Å². The Kier molecular flexibility index (Phi) is 6.06. The second-order valence-electron chi connectivity index (χ2n) is 9.64. The first-order valence-electron chi connectivity index (χ1n) is 11.3. The average molecular weight is 427 g/mol. The van der Waals surface area contributed by atoms with E-state index in [9.17, 15) is 0 Å². The van der Waals surface area contributed by atoms with Crippen molar-refractivity contribution in [3.05, 3.63) is 46.5 Å². The molecule has 3 atom stereocenters. The van der Waals surface area contributed by atoms with Crippen LogP contribution < -0.4 is 4.52 Å². The minimum Gasteiger partial charge on any atom is -0.399 e. The van der Waals surface area contributed by atoms with Crippen molar-refractivity contribution in [2.45, 2.75) is 73.8 Å². The van der Waals surface area contributed by atoms with Gasteiger partial charge in [0.2, 0.25) is 0 Å². The second kappa shape index (κ2) is 8.44. The van der Waals surface area contributed by atoms with Crippen LogP contribution in [0.1, 0.15) is 62.3 Å². The lowest BCUT2D eigenvalue weighted by Gasteiger charge is -2.35. The molecule has 162 valence electrons. The first kappa shape index (κ1) is 21.5. The molecule has 1 heterocycles. The molecule has 2 aromatic carbocycles. The highest BCUT2D eigenvalue weighted by Gasteiger charge is 2.33. The Morgan fingerprint density at radius 2 is 1.40 bits per heavy atom. The van der Waals surface area contributed by atoms with Crippen LogP contribution in [0.4, 0.5) is 0 Å². The molecule has 0 radical (unpaired) electrons. The van der Waals surface area contributed by atoms with Crippen molar-refractivity contribution < 1.29 is 12.9 Å². The van der Waals surface area contributed by atoms with Crippen molar-refractivity contribution in [2.75, 3.05) is 0 Å². The summed E-state index contributed by atoms with van der Waals surface area (Å²) in [5, 5.41) is 2.30. The van der Waals surface area contributed by atoms with Gasteiger partial charge >= 0.3 is 8.24 Å². The van der Waals surface area contributed by atoms with Crippen LogP contribution in [0.15, 0.2) is 32.7 Å². The first-order valence-corrected chi connectivity index (χ1v) is 12.4. The fraction of sp³-hybridized carbons (Fsp3) is 0.538. The zero-order chi connectivity index (χ0) is 21.6. The van der Waals surface area contributed by atoms with E-state index in [2.05, 4.69) is 72.7 Å². The summed E-state index contributed by atoms with van der Waals surface area (Å²) < 4.78 is 19.5. The largest absolute Gasteiger partial charge is 0.399 e. The Morgan fingerprint density at radius 1 is 0.867 bits per heavy atom. The van der Waals surface area contributed by atoms with Crippen LogP contribution in [0, 0.1) is 45.4 Å². The van der Waals surface area contributed by atoms with Gasteiger partial charge in [0, 0.05) is 10.8 Å². The van der Waals surface area contributed by atoms with E-state index in [0.717, 1.165) is 28.4 Å². The van der Waals surface area contributed by atoms with Gasteiger partial charge in [-0.3, -0.25) is 4.52 Å². The molecule has 3 nitrogen and oxygen atoms in total. The highest BCUT2D eigenvalue weighted by Crippen LogP contribution is 2.42. The smallest absolute Gasteiger partial charge is 0.387 e. The molecule has 4 heteroatoms. The molecule has 4 rings (SSSR count). The molecule has 3 aromatic rings. The van der Waals surface area contributed by atoms with E-state index >= 15 is 0 Å². The number of benzene rings is 2. The molecule has 1 fully saturated rings. The Labute approximate surface area is 181 Å². The molecule has 0 saturated heterocycles. The Balaban J connectivity index is 1.93. The Bertz CT molecular complexity index is 1040. The highest BCUT2D eigenvalue weighted by molar-refractivity contribution is 7.31. The van der Waals surface area contributed by atoms with Gasteiger partial charge in [-0.2, -0.15) is 0 Å². The van der Waals surface area contributed by atoms with Gasteiger partial charge in [0.05, 0.1) is 6.10 Å². The van der Waals surface area contributed by atoms with Crippen LogP contribution in [0.2, 0.25) is 0 Å². The van der Waals surface area contributed by atoms with Gasteiger partial charge in [0.25, 0.3) is 0 Å². The molecule has 0 N–H and O–H groups in total. The molecule has 0 spiro atoms. The monoisotopic (exact) mass is 426 g/mol. The summed E-state index contributed by atoms with van der Waals surface area (Å²) in [6.07, 6.45) is 3.76. The van der Waals surface area contributed by atoms with Crippen LogP contribution in [0.25, 0.3) is 21.9 Å². The maximum absolute atomic E-state index is 6.63. The number of hydrogen-bond acceptors (Lipinski definition) is 3. The highest BCUT2D eigenvalue weighted by atomic mass is 31.1.